The molecule has 3 aromatic carbocycles. The van der Waals surface area contributed by atoms with Crippen LogP contribution in [0.2, 0.25) is 0 Å². The van der Waals surface area contributed by atoms with E-state index in [0.717, 1.165) is 40.7 Å². The molecule has 2 aromatic heterocycles. The van der Waals surface area contributed by atoms with Crippen LogP contribution < -0.4 is 0 Å². The zero-order valence-corrected chi connectivity index (χ0v) is 25.8. The van der Waals surface area contributed by atoms with Gasteiger partial charge in [-0.1, -0.05) is 65.9 Å². The molecule has 1 fully saturated rings. The maximum absolute atomic E-state index is 14.1. The van der Waals surface area contributed by atoms with E-state index in [4.69, 9.17) is 4.98 Å². The van der Waals surface area contributed by atoms with Crippen molar-refractivity contribution in [3.8, 4) is 0 Å². The number of rotatable bonds is 9. The highest BCUT2D eigenvalue weighted by Crippen LogP contribution is 2.29. The van der Waals surface area contributed by atoms with Gasteiger partial charge in [-0.3, -0.25) is 9.59 Å². The smallest absolute Gasteiger partial charge is 0.257 e. The van der Waals surface area contributed by atoms with Crippen molar-refractivity contribution in [2.24, 2.45) is 0 Å². The molecule has 1 saturated heterocycles. The molecule has 0 N–H and O–H groups in total. The normalized spacial score (nSPS) is 15.3. The van der Waals surface area contributed by atoms with Crippen LogP contribution in [0.4, 0.5) is 4.39 Å². The van der Waals surface area contributed by atoms with E-state index in [1.54, 1.807) is 28.8 Å². The van der Waals surface area contributed by atoms with Crippen LogP contribution in [-0.4, -0.2) is 72.8 Å². The average Bonchev–Trinajstić information content (AvgIpc) is 3.32. The second-order valence-electron chi connectivity index (χ2n) is 11.3. The number of benzene rings is 3. The Hall–Kier alpha value is -4.31. The van der Waals surface area contributed by atoms with Crippen LogP contribution in [0, 0.1) is 12.7 Å². The highest BCUT2D eigenvalue weighted by Gasteiger charge is 2.31. The minimum absolute atomic E-state index is 0.0720. The third kappa shape index (κ3) is 6.31. The van der Waals surface area contributed by atoms with Gasteiger partial charge in [0.05, 0.1) is 11.1 Å². The molecule has 0 aliphatic carbocycles. The standard InChI is InChI=1S/C34H35FN6O2S/c1-23-15-16-29-27(20-23)31-32(41(29)22-25-10-4-3-5-11-25)36-34(38-37-31)44-19-9-8-14-30(42)39-17-18-40(24(2)21-39)33(43)26-12-6-7-13-28(26)35/h3-7,10-13,15-16,20,24H,8-9,14,17-19,21-22H2,1-2H3. The summed E-state index contributed by atoms with van der Waals surface area (Å²) in [5, 5.41) is 10.7. The number of halogens is 1. The zero-order valence-electron chi connectivity index (χ0n) is 24.9. The Balaban J connectivity index is 1.03. The highest BCUT2D eigenvalue weighted by molar-refractivity contribution is 7.99. The van der Waals surface area contributed by atoms with Crippen molar-refractivity contribution in [1.82, 2.24) is 29.5 Å². The fourth-order valence-corrected chi connectivity index (χ4v) is 6.60. The van der Waals surface area contributed by atoms with E-state index in [2.05, 4.69) is 52.0 Å². The van der Waals surface area contributed by atoms with E-state index in [1.165, 1.54) is 23.3 Å². The molecule has 0 saturated carbocycles. The Labute approximate surface area is 260 Å². The molecule has 5 aromatic rings. The van der Waals surface area contributed by atoms with Crippen molar-refractivity contribution >= 4 is 45.6 Å². The summed E-state index contributed by atoms with van der Waals surface area (Å²) in [5.74, 6) is 0.0108. The molecule has 0 radical (unpaired) electrons. The van der Waals surface area contributed by atoms with Gasteiger partial charge < -0.3 is 14.4 Å². The summed E-state index contributed by atoms with van der Waals surface area (Å²) >= 11 is 1.56. The number of hydrogen-bond acceptors (Lipinski definition) is 6. The number of amides is 2. The number of nitrogens with zero attached hydrogens (tertiary/aromatic N) is 6. The van der Waals surface area contributed by atoms with E-state index < -0.39 is 5.82 Å². The lowest BCUT2D eigenvalue weighted by Crippen LogP contribution is -2.55. The number of piperazine rings is 1. The Morgan fingerprint density at radius 3 is 2.57 bits per heavy atom. The van der Waals surface area contributed by atoms with Gasteiger partial charge in [0.2, 0.25) is 11.1 Å². The van der Waals surface area contributed by atoms with Gasteiger partial charge in [0, 0.05) is 49.8 Å². The maximum Gasteiger partial charge on any atom is 0.257 e. The number of carbonyl (C=O) groups excluding carboxylic acids is 2. The summed E-state index contributed by atoms with van der Waals surface area (Å²) in [6.07, 6.45) is 2.03. The van der Waals surface area contributed by atoms with Gasteiger partial charge in [0.25, 0.3) is 5.91 Å². The molecule has 3 heterocycles. The Morgan fingerprint density at radius 2 is 1.77 bits per heavy atom. The number of aromatic nitrogens is 4. The summed E-state index contributed by atoms with van der Waals surface area (Å²) in [6.45, 7) is 5.96. The number of fused-ring (bicyclic) bond motifs is 3. The predicted octanol–water partition coefficient (Wildman–Crippen LogP) is 6.11. The van der Waals surface area contributed by atoms with Crippen molar-refractivity contribution in [1.29, 1.82) is 0 Å². The molecule has 0 bridgehead atoms. The van der Waals surface area contributed by atoms with Gasteiger partial charge in [0.15, 0.2) is 5.65 Å². The molecule has 1 aliphatic rings. The molecular formula is C34H35FN6O2S. The SMILES string of the molecule is Cc1ccc2c(c1)c1nnc(SCCCCC(=O)N3CCN(C(=O)c4ccccc4F)C(C)C3)nc1n2Cc1ccccc1. The van der Waals surface area contributed by atoms with Crippen molar-refractivity contribution < 1.29 is 14.0 Å². The third-order valence-electron chi connectivity index (χ3n) is 8.15. The summed E-state index contributed by atoms with van der Waals surface area (Å²) in [7, 11) is 0. The minimum atomic E-state index is -0.521. The first-order chi connectivity index (χ1) is 21.4. The first-order valence-corrected chi connectivity index (χ1v) is 16.0. The lowest BCUT2D eigenvalue weighted by molar-refractivity contribution is -0.133. The van der Waals surface area contributed by atoms with Crippen molar-refractivity contribution in [3.63, 3.8) is 0 Å². The van der Waals surface area contributed by atoms with E-state index in [-0.39, 0.29) is 23.4 Å². The first-order valence-electron chi connectivity index (χ1n) is 15.0. The van der Waals surface area contributed by atoms with Crippen LogP contribution >= 0.6 is 11.8 Å². The van der Waals surface area contributed by atoms with Crippen molar-refractivity contribution in [2.45, 2.75) is 50.9 Å². The summed E-state index contributed by atoms with van der Waals surface area (Å²) in [5.41, 5.74) is 5.14. The van der Waals surface area contributed by atoms with Crippen LogP contribution in [-0.2, 0) is 11.3 Å². The number of thioether (sulfide) groups is 1. The van der Waals surface area contributed by atoms with Gasteiger partial charge in [-0.25, -0.2) is 9.37 Å². The maximum atomic E-state index is 14.1. The second-order valence-corrected chi connectivity index (χ2v) is 12.4. The predicted molar refractivity (Wildman–Crippen MR) is 171 cm³/mol. The topological polar surface area (TPSA) is 84.2 Å². The number of unbranched alkanes of at least 4 members (excludes halogenated alkanes) is 1. The van der Waals surface area contributed by atoms with E-state index in [0.29, 0.717) is 37.8 Å². The van der Waals surface area contributed by atoms with Crippen molar-refractivity contribution in [3.05, 3.63) is 95.3 Å². The Morgan fingerprint density at radius 1 is 0.977 bits per heavy atom. The molecule has 1 aliphatic heterocycles. The molecule has 1 unspecified atom stereocenters. The Bertz CT molecular complexity index is 1810. The van der Waals surface area contributed by atoms with E-state index in [9.17, 15) is 14.0 Å². The van der Waals surface area contributed by atoms with Crippen LogP contribution in [0.1, 0.15) is 47.7 Å². The zero-order chi connectivity index (χ0) is 30.6. The van der Waals surface area contributed by atoms with Gasteiger partial charge in [-0.2, -0.15) is 0 Å². The molecule has 226 valence electrons. The van der Waals surface area contributed by atoms with Crippen LogP contribution in [0.25, 0.3) is 22.1 Å². The number of carbonyl (C=O) groups is 2. The first kappa shape index (κ1) is 29.7. The molecule has 6 rings (SSSR count). The number of hydrogen-bond donors (Lipinski definition) is 0. The summed E-state index contributed by atoms with van der Waals surface area (Å²) < 4.78 is 16.3. The minimum Gasteiger partial charge on any atom is -0.339 e. The fourth-order valence-electron chi connectivity index (χ4n) is 5.82. The monoisotopic (exact) mass is 610 g/mol. The molecule has 10 heteroatoms. The largest absolute Gasteiger partial charge is 0.339 e. The summed E-state index contributed by atoms with van der Waals surface area (Å²) in [4.78, 5) is 34.2. The average molecular weight is 611 g/mol. The van der Waals surface area contributed by atoms with Gasteiger partial charge in [-0.15, -0.1) is 10.2 Å². The summed E-state index contributed by atoms with van der Waals surface area (Å²) in [6, 6.07) is 22.6. The molecule has 44 heavy (non-hydrogen) atoms. The third-order valence-corrected chi connectivity index (χ3v) is 9.07. The Kier molecular flexibility index (Phi) is 8.88. The van der Waals surface area contributed by atoms with E-state index >= 15 is 0 Å². The van der Waals surface area contributed by atoms with Crippen molar-refractivity contribution in [2.75, 3.05) is 25.4 Å². The fraction of sp³-hybridized carbons (Fsp3) is 0.324. The van der Waals surface area contributed by atoms with E-state index in [1.807, 2.05) is 30.0 Å². The lowest BCUT2D eigenvalue weighted by Gasteiger charge is -2.40. The van der Waals surface area contributed by atoms with Gasteiger partial charge in [0.1, 0.15) is 11.3 Å². The second kappa shape index (κ2) is 13.1. The highest BCUT2D eigenvalue weighted by atomic mass is 32.2. The van der Waals surface area contributed by atoms with Crippen LogP contribution in [0.3, 0.4) is 0 Å². The molecule has 1 atom stereocenters. The number of aryl methyl sites for hydroxylation is 1. The van der Waals surface area contributed by atoms with Gasteiger partial charge in [-0.05, 0) is 56.5 Å². The quantitative estimate of drug-likeness (QED) is 0.148. The molecular weight excluding hydrogens is 575 g/mol. The molecule has 8 nitrogen and oxygen atoms in total. The molecule has 0 spiro atoms. The van der Waals surface area contributed by atoms with Crippen LogP contribution in [0.5, 0.6) is 0 Å². The van der Waals surface area contributed by atoms with Gasteiger partial charge >= 0.3 is 0 Å². The van der Waals surface area contributed by atoms with Crippen LogP contribution in [0.15, 0.2) is 78.0 Å². The lowest BCUT2D eigenvalue weighted by atomic mass is 10.1. The molecule has 2 amide bonds.